The normalized spacial score (nSPS) is 12.3. The molecule has 2 rings (SSSR count). The Morgan fingerprint density at radius 3 is 2.55 bits per heavy atom. The number of nitrogens with one attached hydrogen (secondary N) is 1. The average Bonchev–Trinajstić information content (AvgIpc) is 3.01. The van der Waals surface area contributed by atoms with E-state index in [0.717, 1.165) is 13.1 Å². The molecule has 0 saturated heterocycles. The summed E-state index contributed by atoms with van der Waals surface area (Å²) in [5, 5.41) is 5.57. The van der Waals surface area contributed by atoms with Crippen molar-refractivity contribution in [1.82, 2.24) is 5.32 Å². The average molecular weight is 288 g/mol. The van der Waals surface area contributed by atoms with Gasteiger partial charge in [-0.05, 0) is 49.0 Å². The zero-order valence-corrected chi connectivity index (χ0v) is 13.4. The smallest absolute Gasteiger partial charge is 0.0603 e. The molecule has 0 saturated carbocycles. The minimum absolute atomic E-state index is 0.416. The van der Waals surface area contributed by atoms with E-state index in [1.54, 1.807) is 0 Å². The van der Waals surface area contributed by atoms with Crippen LogP contribution in [0.15, 0.2) is 41.8 Å². The van der Waals surface area contributed by atoms with Gasteiger partial charge in [0.25, 0.3) is 0 Å². The van der Waals surface area contributed by atoms with E-state index in [4.69, 9.17) is 0 Å². The highest BCUT2D eigenvalue weighted by molar-refractivity contribution is 7.10. The first-order valence-corrected chi connectivity index (χ1v) is 8.16. The molecule has 0 aliphatic heterocycles. The van der Waals surface area contributed by atoms with Crippen LogP contribution in [0.4, 0.5) is 5.69 Å². The molecule has 1 aromatic heterocycles. The van der Waals surface area contributed by atoms with Gasteiger partial charge in [-0.15, -0.1) is 11.3 Å². The van der Waals surface area contributed by atoms with E-state index in [1.165, 1.54) is 22.5 Å². The fourth-order valence-electron chi connectivity index (χ4n) is 2.20. The van der Waals surface area contributed by atoms with Crippen molar-refractivity contribution in [3.63, 3.8) is 0 Å². The number of hydrogen-bond acceptors (Lipinski definition) is 3. The monoisotopic (exact) mass is 288 g/mol. The first-order chi connectivity index (χ1) is 9.72. The number of benzene rings is 1. The van der Waals surface area contributed by atoms with Crippen LogP contribution in [0.3, 0.4) is 0 Å². The van der Waals surface area contributed by atoms with Gasteiger partial charge in [0.05, 0.1) is 6.04 Å². The van der Waals surface area contributed by atoms with Crippen LogP contribution < -0.4 is 10.2 Å². The number of hydrogen-bond donors (Lipinski definition) is 1. The minimum atomic E-state index is 0.416. The highest BCUT2D eigenvalue weighted by atomic mass is 32.1. The second-order valence-electron chi connectivity index (χ2n) is 5.15. The Labute approximate surface area is 126 Å². The van der Waals surface area contributed by atoms with Gasteiger partial charge in [-0.2, -0.15) is 0 Å². The molecule has 0 bridgehead atoms. The SMILES string of the molecule is CCCNCc1ccc(N(C)C(C)c2cccs2)cc1. The lowest BCUT2D eigenvalue weighted by Gasteiger charge is -2.26. The molecule has 0 fully saturated rings. The highest BCUT2D eigenvalue weighted by Crippen LogP contribution is 2.28. The van der Waals surface area contributed by atoms with Crippen LogP contribution in [0.25, 0.3) is 0 Å². The second-order valence-corrected chi connectivity index (χ2v) is 6.12. The van der Waals surface area contributed by atoms with Crippen LogP contribution in [0.5, 0.6) is 0 Å². The third-order valence-electron chi connectivity index (χ3n) is 3.64. The Kier molecular flexibility index (Phi) is 5.62. The maximum Gasteiger partial charge on any atom is 0.0603 e. The van der Waals surface area contributed by atoms with Crippen molar-refractivity contribution in [2.45, 2.75) is 32.9 Å². The first-order valence-electron chi connectivity index (χ1n) is 7.28. The van der Waals surface area contributed by atoms with Gasteiger partial charge in [0.2, 0.25) is 0 Å². The molecule has 1 aromatic carbocycles. The van der Waals surface area contributed by atoms with Crippen molar-refractivity contribution in [3.8, 4) is 0 Å². The lowest BCUT2D eigenvalue weighted by molar-refractivity contribution is 0.675. The van der Waals surface area contributed by atoms with Gasteiger partial charge in [0, 0.05) is 24.2 Å². The molecule has 1 N–H and O–H groups in total. The van der Waals surface area contributed by atoms with Gasteiger partial charge in [0.1, 0.15) is 0 Å². The standard InChI is InChI=1S/C17H24N2S/c1-4-11-18-13-15-7-9-16(10-8-15)19(3)14(2)17-6-5-12-20-17/h5-10,12,14,18H,4,11,13H2,1-3H3. The molecule has 0 spiro atoms. The summed E-state index contributed by atoms with van der Waals surface area (Å²) in [6, 6.07) is 13.6. The largest absolute Gasteiger partial charge is 0.367 e. The van der Waals surface area contributed by atoms with Crippen LogP contribution in [0.1, 0.15) is 36.8 Å². The van der Waals surface area contributed by atoms with E-state index >= 15 is 0 Å². The molecule has 0 aliphatic carbocycles. The molecule has 2 nitrogen and oxygen atoms in total. The van der Waals surface area contributed by atoms with Crippen molar-refractivity contribution in [2.24, 2.45) is 0 Å². The second kappa shape index (κ2) is 7.46. The number of rotatable bonds is 7. The molecular formula is C17H24N2S. The minimum Gasteiger partial charge on any atom is -0.367 e. The Morgan fingerprint density at radius 1 is 1.20 bits per heavy atom. The highest BCUT2D eigenvalue weighted by Gasteiger charge is 2.12. The predicted octanol–water partition coefficient (Wildman–Crippen LogP) is 4.45. The number of thiophene rings is 1. The van der Waals surface area contributed by atoms with E-state index in [0.29, 0.717) is 6.04 Å². The molecule has 0 radical (unpaired) electrons. The lowest BCUT2D eigenvalue weighted by atomic mass is 10.1. The molecule has 20 heavy (non-hydrogen) atoms. The summed E-state index contributed by atoms with van der Waals surface area (Å²) in [5.41, 5.74) is 2.62. The number of nitrogens with zero attached hydrogens (tertiary/aromatic N) is 1. The van der Waals surface area contributed by atoms with Crippen LogP contribution >= 0.6 is 11.3 Å². The Balaban J connectivity index is 1.98. The topological polar surface area (TPSA) is 15.3 Å². The zero-order chi connectivity index (χ0) is 14.4. The molecule has 1 atom stereocenters. The summed E-state index contributed by atoms with van der Waals surface area (Å²) in [7, 11) is 2.16. The maximum atomic E-state index is 3.43. The molecule has 0 amide bonds. The van der Waals surface area contributed by atoms with Crippen LogP contribution in [0.2, 0.25) is 0 Å². The van der Waals surface area contributed by atoms with E-state index in [2.05, 4.69) is 72.9 Å². The third kappa shape index (κ3) is 3.84. The predicted molar refractivity (Wildman–Crippen MR) is 89.6 cm³/mol. The van der Waals surface area contributed by atoms with Crippen molar-refractivity contribution in [2.75, 3.05) is 18.5 Å². The van der Waals surface area contributed by atoms with E-state index in [-0.39, 0.29) is 0 Å². The Bertz CT molecular complexity index is 490. The molecule has 1 unspecified atom stereocenters. The molecule has 2 aromatic rings. The fraction of sp³-hybridized carbons (Fsp3) is 0.412. The molecular weight excluding hydrogens is 264 g/mol. The summed E-state index contributed by atoms with van der Waals surface area (Å²) < 4.78 is 0. The van der Waals surface area contributed by atoms with Gasteiger partial charge in [-0.25, -0.2) is 0 Å². The Morgan fingerprint density at radius 2 is 1.95 bits per heavy atom. The summed E-state index contributed by atoms with van der Waals surface area (Å²) in [6.07, 6.45) is 1.18. The van der Waals surface area contributed by atoms with Crippen molar-refractivity contribution < 1.29 is 0 Å². The maximum absolute atomic E-state index is 3.43. The Hall–Kier alpha value is -1.32. The zero-order valence-electron chi connectivity index (χ0n) is 12.6. The van der Waals surface area contributed by atoms with Crippen LogP contribution in [-0.4, -0.2) is 13.6 Å². The van der Waals surface area contributed by atoms with Gasteiger partial charge in [0.15, 0.2) is 0 Å². The summed E-state index contributed by atoms with van der Waals surface area (Å²) in [4.78, 5) is 3.73. The summed E-state index contributed by atoms with van der Waals surface area (Å²) >= 11 is 1.82. The van der Waals surface area contributed by atoms with Crippen LogP contribution in [0, 0.1) is 0 Å². The van der Waals surface area contributed by atoms with Gasteiger partial charge in [-0.1, -0.05) is 25.1 Å². The molecule has 0 aliphatic rings. The van der Waals surface area contributed by atoms with E-state index in [1.807, 2.05) is 11.3 Å². The summed E-state index contributed by atoms with van der Waals surface area (Å²) in [6.45, 7) is 6.48. The molecule has 3 heteroatoms. The van der Waals surface area contributed by atoms with Gasteiger partial charge >= 0.3 is 0 Å². The molecule has 1 heterocycles. The van der Waals surface area contributed by atoms with Crippen molar-refractivity contribution >= 4 is 17.0 Å². The van der Waals surface area contributed by atoms with Crippen molar-refractivity contribution in [1.29, 1.82) is 0 Å². The lowest BCUT2D eigenvalue weighted by Crippen LogP contribution is -2.20. The summed E-state index contributed by atoms with van der Waals surface area (Å²) in [5.74, 6) is 0. The number of anilines is 1. The van der Waals surface area contributed by atoms with E-state index < -0.39 is 0 Å². The fourth-order valence-corrected chi connectivity index (χ4v) is 3.03. The third-order valence-corrected chi connectivity index (χ3v) is 4.68. The van der Waals surface area contributed by atoms with Crippen molar-refractivity contribution in [3.05, 3.63) is 52.2 Å². The van der Waals surface area contributed by atoms with E-state index in [9.17, 15) is 0 Å². The van der Waals surface area contributed by atoms with Gasteiger partial charge < -0.3 is 10.2 Å². The van der Waals surface area contributed by atoms with Gasteiger partial charge in [-0.3, -0.25) is 0 Å². The quantitative estimate of drug-likeness (QED) is 0.757. The van der Waals surface area contributed by atoms with Crippen LogP contribution in [-0.2, 0) is 6.54 Å². The molecule has 108 valence electrons. The first kappa shape index (κ1) is 15.1.